The molecule has 0 bridgehead atoms. The first-order chi connectivity index (χ1) is 11.2. The molecule has 3 unspecified atom stereocenters. The largest absolute Gasteiger partial charge is 0.469 e. The summed E-state index contributed by atoms with van der Waals surface area (Å²) in [6, 6.07) is 17.2. The van der Waals surface area contributed by atoms with Crippen LogP contribution in [0.15, 0.2) is 54.6 Å². The van der Waals surface area contributed by atoms with Crippen molar-refractivity contribution in [2.24, 2.45) is 5.92 Å². The topological polar surface area (TPSA) is 46.6 Å². The standard InChI is InChI=1S/C19H17NO3/c1-23-19(22)14-11-16-17(14)13-9-5-6-10-15(13)20(16)18(21)12-7-3-2-4-8-12/h2-10,14,16-17H,11H2,1H3. The number of rotatable bonds is 2. The molecule has 0 aromatic heterocycles. The Morgan fingerprint density at radius 3 is 2.48 bits per heavy atom. The summed E-state index contributed by atoms with van der Waals surface area (Å²) in [4.78, 5) is 26.8. The van der Waals surface area contributed by atoms with Crippen LogP contribution in [0.1, 0.15) is 28.3 Å². The zero-order chi connectivity index (χ0) is 16.0. The van der Waals surface area contributed by atoms with Gasteiger partial charge in [-0.15, -0.1) is 0 Å². The predicted molar refractivity (Wildman–Crippen MR) is 86.3 cm³/mol. The van der Waals surface area contributed by atoms with Gasteiger partial charge < -0.3 is 9.64 Å². The van der Waals surface area contributed by atoms with Crippen molar-refractivity contribution in [3.05, 3.63) is 65.7 Å². The highest BCUT2D eigenvalue weighted by atomic mass is 16.5. The molecule has 1 saturated carbocycles. The Bertz CT molecular complexity index is 771. The molecule has 0 spiro atoms. The monoisotopic (exact) mass is 307 g/mol. The Hall–Kier alpha value is -2.62. The van der Waals surface area contributed by atoms with Crippen LogP contribution in [0.4, 0.5) is 5.69 Å². The van der Waals surface area contributed by atoms with Crippen LogP contribution >= 0.6 is 0 Å². The molecule has 116 valence electrons. The lowest BCUT2D eigenvalue weighted by atomic mass is 9.67. The fourth-order valence-corrected chi connectivity index (χ4v) is 3.86. The van der Waals surface area contributed by atoms with Gasteiger partial charge in [0, 0.05) is 23.2 Å². The average Bonchev–Trinajstić information content (AvgIpc) is 2.83. The van der Waals surface area contributed by atoms with E-state index < -0.39 is 0 Å². The van der Waals surface area contributed by atoms with Gasteiger partial charge in [-0.25, -0.2) is 0 Å². The molecule has 23 heavy (non-hydrogen) atoms. The van der Waals surface area contributed by atoms with Crippen LogP contribution in [0.25, 0.3) is 0 Å². The average molecular weight is 307 g/mol. The van der Waals surface area contributed by atoms with E-state index in [-0.39, 0.29) is 29.8 Å². The second-order valence-corrected chi connectivity index (χ2v) is 6.06. The minimum Gasteiger partial charge on any atom is -0.469 e. The van der Waals surface area contributed by atoms with Crippen molar-refractivity contribution in [1.82, 2.24) is 0 Å². The van der Waals surface area contributed by atoms with Crippen LogP contribution in [0, 0.1) is 5.92 Å². The molecule has 1 aliphatic heterocycles. The lowest BCUT2D eigenvalue weighted by Crippen LogP contribution is -2.51. The van der Waals surface area contributed by atoms with Crippen LogP contribution in [0.3, 0.4) is 0 Å². The summed E-state index contributed by atoms with van der Waals surface area (Å²) < 4.78 is 4.92. The zero-order valence-corrected chi connectivity index (χ0v) is 12.8. The van der Waals surface area contributed by atoms with E-state index in [1.807, 2.05) is 59.5 Å². The fraction of sp³-hybridized carbons (Fsp3) is 0.263. The van der Waals surface area contributed by atoms with Gasteiger partial charge in [-0.1, -0.05) is 36.4 Å². The van der Waals surface area contributed by atoms with E-state index in [1.54, 1.807) is 0 Å². The van der Waals surface area contributed by atoms with Crippen molar-refractivity contribution in [3.63, 3.8) is 0 Å². The normalized spacial score (nSPS) is 24.4. The van der Waals surface area contributed by atoms with Gasteiger partial charge in [0.1, 0.15) is 0 Å². The number of hydrogen-bond acceptors (Lipinski definition) is 3. The second-order valence-electron chi connectivity index (χ2n) is 6.06. The maximum absolute atomic E-state index is 13.0. The SMILES string of the molecule is COC(=O)C1CC2C1c1ccccc1N2C(=O)c1ccccc1. The van der Waals surface area contributed by atoms with Crippen molar-refractivity contribution in [2.45, 2.75) is 18.4 Å². The van der Waals surface area contributed by atoms with Gasteiger partial charge in [0.25, 0.3) is 5.91 Å². The van der Waals surface area contributed by atoms with Crippen molar-refractivity contribution in [2.75, 3.05) is 12.0 Å². The van der Waals surface area contributed by atoms with Gasteiger partial charge in [-0.3, -0.25) is 9.59 Å². The number of carbonyl (C=O) groups is 2. The molecule has 2 aromatic carbocycles. The molecule has 2 aliphatic rings. The Labute approximate surface area is 134 Å². The summed E-state index contributed by atoms with van der Waals surface area (Å²) in [5, 5.41) is 0. The summed E-state index contributed by atoms with van der Waals surface area (Å²) in [7, 11) is 1.42. The summed E-state index contributed by atoms with van der Waals surface area (Å²) >= 11 is 0. The van der Waals surface area contributed by atoms with Crippen LogP contribution in [-0.2, 0) is 9.53 Å². The van der Waals surface area contributed by atoms with Gasteiger partial charge in [-0.2, -0.15) is 0 Å². The van der Waals surface area contributed by atoms with E-state index in [9.17, 15) is 9.59 Å². The number of benzene rings is 2. The molecule has 0 saturated heterocycles. The molecule has 0 N–H and O–H groups in total. The van der Waals surface area contributed by atoms with Crippen molar-refractivity contribution in [3.8, 4) is 0 Å². The number of methoxy groups -OCH3 is 1. The number of anilines is 1. The van der Waals surface area contributed by atoms with E-state index in [2.05, 4.69) is 0 Å². The van der Waals surface area contributed by atoms with Crippen LogP contribution in [0.5, 0.6) is 0 Å². The molecule has 4 nitrogen and oxygen atoms in total. The number of carbonyl (C=O) groups excluding carboxylic acids is 2. The third kappa shape index (κ3) is 1.98. The number of esters is 1. The molecular weight excluding hydrogens is 290 g/mol. The van der Waals surface area contributed by atoms with E-state index >= 15 is 0 Å². The highest BCUT2D eigenvalue weighted by molar-refractivity contribution is 6.08. The third-order valence-electron chi connectivity index (χ3n) is 4.97. The number of para-hydroxylation sites is 1. The minimum absolute atomic E-state index is 0.00568. The second kappa shape index (κ2) is 5.23. The number of nitrogens with zero attached hydrogens (tertiary/aromatic N) is 1. The Kier molecular flexibility index (Phi) is 3.18. The summed E-state index contributed by atoms with van der Waals surface area (Å²) in [6.45, 7) is 0. The van der Waals surface area contributed by atoms with Crippen LogP contribution in [0.2, 0.25) is 0 Å². The first-order valence-corrected chi connectivity index (χ1v) is 7.77. The number of hydrogen-bond donors (Lipinski definition) is 0. The van der Waals surface area contributed by atoms with E-state index in [0.29, 0.717) is 12.0 Å². The molecule has 3 atom stereocenters. The molecule has 1 fully saturated rings. The maximum Gasteiger partial charge on any atom is 0.309 e. The fourth-order valence-electron chi connectivity index (χ4n) is 3.86. The van der Waals surface area contributed by atoms with Gasteiger partial charge in [0.15, 0.2) is 0 Å². The maximum atomic E-state index is 13.0. The molecule has 0 radical (unpaired) electrons. The highest BCUT2D eigenvalue weighted by Crippen LogP contribution is 2.55. The zero-order valence-electron chi connectivity index (χ0n) is 12.8. The van der Waals surface area contributed by atoms with Crippen LogP contribution in [-0.4, -0.2) is 25.0 Å². The molecule has 1 heterocycles. The van der Waals surface area contributed by atoms with Gasteiger partial charge in [0.2, 0.25) is 0 Å². The van der Waals surface area contributed by atoms with E-state index in [0.717, 1.165) is 11.3 Å². The number of fused-ring (bicyclic) bond motifs is 3. The Morgan fingerprint density at radius 2 is 1.74 bits per heavy atom. The first-order valence-electron chi connectivity index (χ1n) is 7.77. The lowest BCUT2D eigenvalue weighted by Gasteiger charge is -2.42. The Morgan fingerprint density at radius 1 is 1.04 bits per heavy atom. The highest BCUT2D eigenvalue weighted by Gasteiger charge is 2.56. The predicted octanol–water partition coefficient (Wildman–Crippen LogP) is 2.99. The van der Waals surface area contributed by atoms with Gasteiger partial charge in [-0.05, 0) is 30.2 Å². The quantitative estimate of drug-likeness (QED) is 0.801. The van der Waals surface area contributed by atoms with Crippen LogP contribution < -0.4 is 4.90 Å². The lowest BCUT2D eigenvalue weighted by molar-refractivity contribution is -0.149. The molecule has 4 heteroatoms. The van der Waals surface area contributed by atoms with Crippen molar-refractivity contribution >= 4 is 17.6 Å². The third-order valence-corrected chi connectivity index (χ3v) is 4.97. The molecule has 1 aliphatic carbocycles. The molecule has 1 amide bonds. The summed E-state index contributed by atoms with van der Waals surface area (Å²) in [5.74, 6) is -0.296. The minimum atomic E-state index is -0.185. The molecule has 4 rings (SSSR count). The smallest absolute Gasteiger partial charge is 0.309 e. The van der Waals surface area contributed by atoms with Gasteiger partial charge >= 0.3 is 5.97 Å². The Balaban J connectivity index is 1.73. The van der Waals surface area contributed by atoms with Crippen molar-refractivity contribution < 1.29 is 14.3 Å². The summed E-state index contributed by atoms with van der Waals surface area (Å²) in [5.41, 5.74) is 2.66. The number of ether oxygens (including phenoxy) is 1. The molecular formula is C19H17NO3. The van der Waals surface area contributed by atoms with Crippen molar-refractivity contribution in [1.29, 1.82) is 0 Å². The van der Waals surface area contributed by atoms with Gasteiger partial charge in [0.05, 0.1) is 13.0 Å². The first kappa shape index (κ1) is 14.0. The molecule has 2 aromatic rings. The number of amides is 1. The van der Waals surface area contributed by atoms with E-state index in [1.165, 1.54) is 7.11 Å². The summed E-state index contributed by atoms with van der Waals surface area (Å²) in [6.07, 6.45) is 0.657. The van der Waals surface area contributed by atoms with E-state index in [4.69, 9.17) is 4.74 Å².